The molecule has 1 aromatic carbocycles. The van der Waals surface area contributed by atoms with Gasteiger partial charge < -0.3 is 11.1 Å². The van der Waals surface area contributed by atoms with E-state index >= 15 is 0 Å². The van der Waals surface area contributed by atoms with Gasteiger partial charge in [-0.2, -0.15) is 0 Å². The first-order chi connectivity index (χ1) is 8.97. The molecule has 0 radical (unpaired) electrons. The summed E-state index contributed by atoms with van der Waals surface area (Å²) in [4.78, 5) is 16.2. The molecule has 1 aromatic heterocycles. The second-order valence-corrected chi connectivity index (χ2v) is 4.62. The number of hydrogen-bond acceptors (Lipinski definition) is 3. The third-order valence-electron chi connectivity index (χ3n) is 3.09. The second-order valence-electron chi connectivity index (χ2n) is 4.62. The molecule has 0 saturated heterocycles. The molecule has 19 heavy (non-hydrogen) atoms. The molecule has 1 heterocycles. The first-order valence-corrected chi connectivity index (χ1v) is 6.09. The van der Waals surface area contributed by atoms with Crippen molar-refractivity contribution in [1.82, 2.24) is 4.98 Å². The van der Waals surface area contributed by atoms with Crippen LogP contribution >= 0.6 is 0 Å². The Labute approximate surface area is 112 Å². The Morgan fingerprint density at radius 1 is 1.21 bits per heavy atom. The van der Waals surface area contributed by atoms with Crippen LogP contribution < -0.4 is 11.1 Å². The van der Waals surface area contributed by atoms with E-state index in [1.54, 1.807) is 12.1 Å². The van der Waals surface area contributed by atoms with E-state index in [-0.39, 0.29) is 5.91 Å². The van der Waals surface area contributed by atoms with Crippen LogP contribution in [0, 0.1) is 20.8 Å². The number of nitrogens with zero attached hydrogens (tertiary/aromatic N) is 1. The zero-order chi connectivity index (χ0) is 14.0. The average molecular weight is 255 g/mol. The number of carbonyl (C=O) groups is 1. The smallest absolute Gasteiger partial charge is 0.255 e. The van der Waals surface area contributed by atoms with E-state index in [9.17, 15) is 4.79 Å². The van der Waals surface area contributed by atoms with Crippen LogP contribution in [0.1, 0.15) is 27.2 Å². The summed E-state index contributed by atoms with van der Waals surface area (Å²) < 4.78 is 0. The third kappa shape index (κ3) is 2.91. The minimum atomic E-state index is -0.175. The number of amides is 1. The maximum absolute atomic E-state index is 12.2. The van der Waals surface area contributed by atoms with Gasteiger partial charge in [0.1, 0.15) is 5.82 Å². The third-order valence-corrected chi connectivity index (χ3v) is 3.09. The maximum atomic E-state index is 12.2. The Morgan fingerprint density at radius 2 is 1.95 bits per heavy atom. The summed E-state index contributed by atoms with van der Waals surface area (Å²) in [5.74, 6) is 0.178. The normalized spacial score (nSPS) is 10.3. The van der Waals surface area contributed by atoms with Crippen LogP contribution in [-0.4, -0.2) is 10.9 Å². The highest BCUT2D eigenvalue weighted by molar-refractivity contribution is 6.05. The van der Waals surface area contributed by atoms with Gasteiger partial charge in [-0.15, -0.1) is 0 Å². The Bertz CT molecular complexity index is 615. The lowest BCUT2D eigenvalue weighted by Crippen LogP contribution is -2.14. The van der Waals surface area contributed by atoms with Crippen molar-refractivity contribution in [3.05, 3.63) is 52.7 Å². The molecule has 2 aromatic rings. The molecule has 0 saturated carbocycles. The van der Waals surface area contributed by atoms with Gasteiger partial charge in [-0.25, -0.2) is 4.98 Å². The van der Waals surface area contributed by atoms with Crippen molar-refractivity contribution in [2.75, 3.05) is 11.1 Å². The number of anilines is 2. The number of rotatable bonds is 2. The fourth-order valence-corrected chi connectivity index (χ4v) is 1.91. The molecule has 0 aliphatic carbocycles. The number of carbonyl (C=O) groups excluding carboxylic acids is 1. The minimum absolute atomic E-state index is 0.175. The number of nitrogens with one attached hydrogen (secondary N) is 1. The van der Waals surface area contributed by atoms with Crippen molar-refractivity contribution in [3.63, 3.8) is 0 Å². The van der Waals surface area contributed by atoms with Crippen molar-refractivity contribution in [2.24, 2.45) is 0 Å². The van der Waals surface area contributed by atoms with Crippen molar-refractivity contribution in [2.45, 2.75) is 20.8 Å². The summed E-state index contributed by atoms with van der Waals surface area (Å²) in [5.41, 5.74) is 9.92. The second kappa shape index (κ2) is 5.10. The summed E-state index contributed by atoms with van der Waals surface area (Å²) in [5, 5.41) is 2.90. The molecule has 4 nitrogen and oxygen atoms in total. The predicted octanol–water partition coefficient (Wildman–Crippen LogP) is 2.84. The summed E-state index contributed by atoms with van der Waals surface area (Å²) in [7, 11) is 0. The van der Waals surface area contributed by atoms with E-state index in [1.165, 1.54) is 0 Å². The Kier molecular flexibility index (Phi) is 3.51. The number of aromatic nitrogens is 1. The standard InChI is InChI=1S/C15H17N3O/c1-9-5-4-6-13(11(9)3)18-15(19)12-7-10(2)17-14(16)8-12/h4-8H,1-3H3,(H2,16,17)(H,18,19). The van der Waals surface area contributed by atoms with Gasteiger partial charge >= 0.3 is 0 Å². The van der Waals surface area contributed by atoms with Gasteiger partial charge in [0, 0.05) is 16.9 Å². The molecule has 0 fully saturated rings. The Hall–Kier alpha value is -2.36. The quantitative estimate of drug-likeness (QED) is 0.867. The summed E-state index contributed by atoms with van der Waals surface area (Å²) in [6.45, 7) is 5.81. The highest BCUT2D eigenvalue weighted by Crippen LogP contribution is 2.19. The van der Waals surface area contributed by atoms with Gasteiger partial charge in [0.2, 0.25) is 0 Å². The largest absolute Gasteiger partial charge is 0.384 e. The summed E-state index contributed by atoms with van der Waals surface area (Å²) in [6.07, 6.45) is 0. The molecule has 0 unspecified atom stereocenters. The molecule has 0 aliphatic rings. The van der Waals surface area contributed by atoms with E-state index in [0.717, 1.165) is 22.5 Å². The molecule has 0 bridgehead atoms. The SMILES string of the molecule is Cc1cc(C(=O)Nc2cccc(C)c2C)cc(N)n1. The lowest BCUT2D eigenvalue weighted by atomic mass is 10.1. The molecule has 0 atom stereocenters. The van der Waals surface area contributed by atoms with Crippen molar-refractivity contribution in [3.8, 4) is 0 Å². The zero-order valence-electron chi connectivity index (χ0n) is 11.3. The molecule has 3 N–H and O–H groups in total. The van der Waals surface area contributed by atoms with Gasteiger partial charge in [-0.05, 0) is 50.1 Å². The highest BCUT2D eigenvalue weighted by Gasteiger charge is 2.10. The highest BCUT2D eigenvalue weighted by atomic mass is 16.1. The molecule has 4 heteroatoms. The lowest BCUT2D eigenvalue weighted by molar-refractivity contribution is 0.102. The van der Waals surface area contributed by atoms with Gasteiger partial charge in [0.15, 0.2) is 0 Å². The van der Waals surface area contributed by atoms with Crippen LogP contribution in [0.15, 0.2) is 30.3 Å². The van der Waals surface area contributed by atoms with Gasteiger partial charge in [-0.3, -0.25) is 4.79 Å². The Balaban J connectivity index is 2.28. The van der Waals surface area contributed by atoms with E-state index in [0.29, 0.717) is 11.4 Å². The fourth-order valence-electron chi connectivity index (χ4n) is 1.91. The minimum Gasteiger partial charge on any atom is -0.384 e. The number of hydrogen-bond donors (Lipinski definition) is 2. The van der Waals surface area contributed by atoms with Crippen LogP contribution in [0.5, 0.6) is 0 Å². The number of nitrogens with two attached hydrogens (primary N) is 1. The number of aryl methyl sites for hydroxylation is 2. The van der Waals surface area contributed by atoms with E-state index in [4.69, 9.17) is 5.73 Å². The number of pyridine rings is 1. The molecule has 2 rings (SSSR count). The number of nitrogen functional groups attached to an aromatic ring is 1. The van der Waals surface area contributed by atoms with E-state index in [2.05, 4.69) is 10.3 Å². The first kappa shape index (κ1) is 13.1. The Morgan fingerprint density at radius 3 is 2.63 bits per heavy atom. The number of benzene rings is 1. The van der Waals surface area contributed by atoms with Crippen LogP contribution in [0.25, 0.3) is 0 Å². The van der Waals surface area contributed by atoms with Gasteiger partial charge in [-0.1, -0.05) is 12.1 Å². The summed E-state index contributed by atoms with van der Waals surface area (Å²) in [6, 6.07) is 9.12. The van der Waals surface area contributed by atoms with Crippen LogP contribution in [0.2, 0.25) is 0 Å². The first-order valence-electron chi connectivity index (χ1n) is 6.09. The molecular weight excluding hydrogens is 238 g/mol. The molecule has 1 amide bonds. The molecule has 0 aliphatic heterocycles. The van der Waals surface area contributed by atoms with Gasteiger partial charge in [0.25, 0.3) is 5.91 Å². The molecular formula is C15H17N3O. The van der Waals surface area contributed by atoms with Crippen LogP contribution in [0.4, 0.5) is 11.5 Å². The maximum Gasteiger partial charge on any atom is 0.255 e. The van der Waals surface area contributed by atoms with Crippen molar-refractivity contribution >= 4 is 17.4 Å². The molecule has 98 valence electrons. The summed E-state index contributed by atoms with van der Waals surface area (Å²) >= 11 is 0. The van der Waals surface area contributed by atoms with Crippen molar-refractivity contribution in [1.29, 1.82) is 0 Å². The molecule has 0 spiro atoms. The van der Waals surface area contributed by atoms with E-state index < -0.39 is 0 Å². The lowest BCUT2D eigenvalue weighted by Gasteiger charge is -2.11. The monoisotopic (exact) mass is 255 g/mol. The average Bonchev–Trinajstić information content (AvgIpc) is 2.33. The van der Waals surface area contributed by atoms with Crippen molar-refractivity contribution < 1.29 is 4.79 Å². The zero-order valence-corrected chi connectivity index (χ0v) is 11.3. The van der Waals surface area contributed by atoms with E-state index in [1.807, 2.05) is 39.0 Å². The van der Waals surface area contributed by atoms with Crippen LogP contribution in [-0.2, 0) is 0 Å². The topological polar surface area (TPSA) is 68.0 Å². The fraction of sp³-hybridized carbons (Fsp3) is 0.200. The van der Waals surface area contributed by atoms with Gasteiger partial charge in [0.05, 0.1) is 0 Å². The predicted molar refractivity (Wildman–Crippen MR) is 77.3 cm³/mol. The van der Waals surface area contributed by atoms with Crippen LogP contribution in [0.3, 0.4) is 0 Å².